The van der Waals surface area contributed by atoms with E-state index < -0.39 is 0 Å². The fourth-order valence-electron chi connectivity index (χ4n) is 2.36. The molecule has 0 bridgehead atoms. The van der Waals surface area contributed by atoms with E-state index in [0.717, 1.165) is 9.88 Å². The quantitative estimate of drug-likeness (QED) is 0.694. The molecule has 2 aromatic heterocycles. The van der Waals surface area contributed by atoms with Crippen molar-refractivity contribution >= 4 is 33.8 Å². The van der Waals surface area contributed by atoms with Crippen LogP contribution < -0.4 is 5.56 Å². The van der Waals surface area contributed by atoms with E-state index in [4.69, 9.17) is 11.6 Å². The highest BCUT2D eigenvalue weighted by molar-refractivity contribution is 7.11. The average molecular weight is 320 g/mol. The molecule has 0 N–H and O–H groups in total. The summed E-state index contributed by atoms with van der Waals surface area (Å²) in [5.74, 6) is 0.759. The van der Waals surface area contributed by atoms with E-state index >= 15 is 0 Å². The number of halogens is 1. The molecule has 21 heavy (non-hydrogen) atoms. The number of alkyl halides is 1. The second kappa shape index (κ2) is 5.58. The Morgan fingerprint density at radius 1 is 1.38 bits per heavy atom. The van der Waals surface area contributed by atoms with Crippen molar-refractivity contribution in [3.05, 3.63) is 56.5 Å². The van der Waals surface area contributed by atoms with Crippen LogP contribution in [0.2, 0.25) is 0 Å². The Morgan fingerprint density at radius 3 is 2.81 bits per heavy atom. The van der Waals surface area contributed by atoms with Gasteiger partial charge in [-0.15, -0.1) is 22.9 Å². The molecule has 1 unspecified atom stereocenters. The molecule has 1 aromatic carbocycles. The predicted octanol–water partition coefficient (Wildman–Crippen LogP) is 3.51. The maximum absolute atomic E-state index is 12.8. The van der Waals surface area contributed by atoms with Gasteiger partial charge in [-0.3, -0.25) is 9.36 Å². The molecule has 3 aromatic rings. The number of thiazole rings is 1. The van der Waals surface area contributed by atoms with Crippen molar-refractivity contribution in [1.82, 2.24) is 14.5 Å². The van der Waals surface area contributed by atoms with Gasteiger partial charge in [-0.2, -0.15) is 0 Å². The smallest absolute Gasteiger partial charge is 0.262 e. The van der Waals surface area contributed by atoms with Crippen LogP contribution in [-0.4, -0.2) is 14.5 Å². The largest absolute Gasteiger partial charge is 0.285 e. The molecule has 0 aliphatic heterocycles. The molecule has 0 amide bonds. The SMILES string of the molecule is Cc1cnc(C(C)n2c(CCl)nc3ccccc3c2=O)s1. The molecule has 0 saturated heterocycles. The summed E-state index contributed by atoms with van der Waals surface area (Å²) < 4.78 is 1.65. The maximum atomic E-state index is 12.8. The first-order valence-electron chi connectivity index (χ1n) is 6.60. The van der Waals surface area contributed by atoms with Crippen molar-refractivity contribution < 1.29 is 0 Å². The third kappa shape index (κ3) is 2.47. The highest BCUT2D eigenvalue weighted by atomic mass is 35.5. The summed E-state index contributed by atoms with van der Waals surface area (Å²) in [7, 11) is 0. The van der Waals surface area contributed by atoms with Gasteiger partial charge in [0.15, 0.2) is 0 Å². The summed E-state index contributed by atoms with van der Waals surface area (Å²) in [4.78, 5) is 22.8. The Bertz CT molecular complexity index is 855. The molecule has 4 nitrogen and oxygen atoms in total. The zero-order chi connectivity index (χ0) is 15.0. The lowest BCUT2D eigenvalue weighted by molar-refractivity contribution is 0.581. The Labute approximate surface area is 131 Å². The van der Waals surface area contributed by atoms with E-state index in [1.165, 1.54) is 0 Å². The van der Waals surface area contributed by atoms with Crippen LogP contribution in [0.5, 0.6) is 0 Å². The van der Waals surface area contributed by atoms with Gasteiger partial charge in [0, 0.05) is 11.1 Å². The summed E-state index contributed by atoms with van der Waals surface area (Å²) in [5.41, 5.74) is 0.605. The first kappa shape index (κ1) is 14.2. The highest BCUT2D eigenvalue weighted by Crippen LogP contribution is 2.24. The Morgan fingerprint density at radius 2 is 2.14 bits per heavy atom. The minimum Gasteiger partial charge on any atom is -0.285 e. The van der Waals surface area contributed by atoms with Gasteiger partial charge >= 0.3 is 0 Å². The van der Waals surface area contributed by atoms with E-state index in [1.54, 1.807) is 22.0 Å². The molecule has 0 saturated carbocycles. The number of para-hydroxylation sites is 1. The van der Waals surface area contributed by atoms with E-state index in [9.17, 15) is 4.79 Å². The van der Waals surface area contributed by atoms with Crippen molar-refractivity contribution in [2.75, 3.05) is 0 Å². The van der Waals surface area contributed by atoms with E-state index in [2.05, 4.69) is 9.97 Å². The maximum Gasteiger partial charge on any atom is 0.262 e. The number of fused-ring (bicyclic) bond motifs is 1. The van der Waals surface area contributed by atoms with Gasteiger partial charge in [0.1, 0.15) is 10.8 Å². The minimum absolute atomic E-state index is 0.0726. The third-order valence-corrected chi connectivity index (χ3v) is 4.71. The molecule has 6 heteroatoms. The van der Waals surface area contributed by atoms with Crippen LogP contribution in [0.15, 0.2) is 35.3 Å². The third-order valence-electron chi connectivity index (χ3n) is 3.38. The Hall–Kier alpha value is -1.72. The first-order chi connectivity index (χ1) is 10.1. The lowest BCUT2D eigenvalue weighted by atomic mass is 10.2. The van der Waals surface area contributed by atoms with Gasteiger partial charge in [0.2, 0.25) is 0 Å². The molecule has 3 rings (SSSR count). The number of rotatable bonds is 3. The van der Waals surface area contributed by atoms with Crippen LogP contribution in [0.25, 0.3) is 10.9 Å². The lowest BCUT2D eigenvalue weighted by Crippen LogP contribution is -2.28. The molecule has 0 aliphatic carbocycles. The van der Waals surface area contributed by atoms with Crippen LogP contribution >= 0.6 is 22.9 Å². The van der Waals surface area contributed by atoms with Gasteiger partial charge in [-0.25, -0.2) is 9.97 Å². The number of aromatic nitrogens is 3. The van der Waals surface area contributed by atoms with Gasteiger partial charge in [0.25, 0.3) is 5.56 Å². The van der Waals surface area contributed by atoms with E-state index in [0.29, 0.717) is 16.7 Å². The zero-order valence-electron chi connectivity index (χ0n) is 11.7. The molecule has 0 spiro atoms. The minimum atomic E-state index is -0.179. The summed E-state index contributed by atoms with van der Waals surface area (Å²) >= 11 is 7.58. The molecule has 1 atom stereocenters. The summed E-state index contributed by atoms with van der Waals surface area (Å²) in [6, 6.07) is 7.15. The van der Waals surface area contributed by atoms with Crippen molar-refractivity contribution in [2.45, 2.75) is 25.8 Å². The molecule has 0 radical (unpaired) electrons. The molecule has 108 valence electrons. The van der Waals surface area contributed by atoms with Crippen LogP contribution in [0, 0.1) is 6.92 Å². The van der Waals surface area contributed by atoms with Crippen LogP contribution in [0.3, 0.4) is 0 Å². The van der Waals surface area contributed by atoms with Crippen molar-refractivity contribution in [1.29, 1.82) is 0 Å². The molecule has 0 fully saturated rings. The fourth-order valence-corrected chi connectivity index (χ4v) is 3.37. The summed E-state index contributed by atoms with van der Waals surface area (Å²) in [6.45, 7) is 3.95. The van der Waals surface area contributed by atoms with Crippen LogP contribution in [0.4, 0.5) is 0 Å². The van der Waals surface area contributed by atoms with Crippen molar-refractivity contribution in [3.63, 3.8) is 0 Å². The standard InChI is InChI=1S/C15H14ClN3OS/c1-9-8-17-14(21-9)10(2)19-13(7-16)18-12-6-4-3-5-11(12)15(19)20/h3-6,8,10H,7H2,1-2H3. The predicted molar refractivity (Wildman–Crippen MR) is 86.2 cm³/mol. The highest BCUT2D eigenvalue weighted by Gasteiger charge is 2.19. The second-order valence-electron chi connectivity index (χ2n) is 4.84. The van der Waals surface area contributed by atoms with Crippen molar-refractivity contribution in [2.24, 2.45) is 0 Å². The summed E-state index contributed by atoms with van der Waals surface area (Å²) in [6.07, 6.45) is 1.82. The monoisotopic (exact) mass is 319 g/mol. The normalized spacial score (nSPS) is 12.7. The van der Waals surface area contributed by atoms with Gasteiger partial charge in [0.05, 0.1) is 22.8 Å². The Kier molecular flexibility index (Phi) is 3.78. The lowest BCUT2D eigenvalue weighted by Gasteiger charge is -2.17. The topological polar surface area (TPSA) is 47.8 Å². The molecular weight excluding hydrogens is 306 g/mol. The molecular formula is C15H14ClN3OS. The number of hydrogen-bond donors (Lipinski definition) is 0. The van der Waals surface area contributed by atoms with Gasteiger partial charge < -0.3 is 0 Å². The average Bonchev–Trinajstić information content (AvgIpc) is 2.93. The molecule has 0 aliphatic rings. The number of benzene rings is 1. The van der Waals surface area contributed by atoms with Gasteiger partial charge in [-0.1, -0.05) is 12.1 Å². The second-order valence-corrected chi connectivity index (χ2v) is 6.37. The fraction of sp³-hybridized carbons (Fsp3) is 0.267. The first-order valence-corrected chi connectivity index (χ1v) is 7.95. The van der Waals surface area contributed by atoms with Crippen molar-refractivity contribution in [3.8, 4) is 0 Å². The van der Waals surface area contributed by atoms with Gasteiger partial charge in [-0.05, 0) is 26.0 Å². The number of aryl methyl sites for hydroxylation is 1. The zero-order valence-corrected chi connectivity index (χ0v) is 13.3. The van der Waals surface area contributed by atoms with Crippen LogP contribution in [0.1, 0.15) is 28.7 Å². The number of hydrogen-bond acceptors (Lipinski definition) is 4. The Balaban J connectivity index is 2.25. The summed E-state index contributed by atoms with van der Waals surface area (Å²) in [5, 5.41) is 1.49. The van der Waals surface area contributed by atoms with Crippen LogP contribution in [-0.2, 0) is 5.88 Å². The van der Waals surface area contributed by atoms with E-state index in [1.807, 2.05) is 38.2 Å². The molecule has 2 heterocycles. The number of nitrogens with zero attached hydrogens (tertiary/aromatic N) is 3. The van der Waals surface area contributed by atoms with E-state index in [-0.39, 0.29) is 17.5 Å².